The molecule has 3 rings (SSSR count). The van der Waals surface area contributed by atoms with Gasteiger partial charge in [0.25, 0.3) is 0 Å². The average Bonchev–Trinajstić information content (AvgIpc) is 3.07. The molecule has 7 nitrogen and oxygen atoms in total. The smallest absolute Gasteiger partial charge is 0.387 e. The number of nitrogen functional groups attached to an aromatic ring is 1. The Bertz CT molecular complexity index is 951. The van der Waals surface area contributed by atoms with Crippen LogP contribution in [0.1, 0.15) is 5.56 Å². The molecule has 1 aromatic heterocycles. The van der Waals surface area contributed by atoms with Crippen LogP contribution in [0.25, 0.3) is 11.4 Å². The Kier molecular flexibility index (Phi) is 6.65. The second-order valence-electron chi connectivity index (χ2n) is 6.10. The predicted octanol–water partition coefficient (Wildman–Crippen LogP) is 3.01. The molecule has 0 spiro atoms. The van der Waals surface area contributed by atoms with Gasteiger partial charge < -0.3 is 15.5 Å². The third-order valence-corrected chi connectivity index (χ3v) is 4.94. The maximum atomic E-state index is 12.4. The Labute approximate surface area is 170 Å². The Balaban J connectivity index is 1.60. The van der Waals surface area contributed by atoms with E-state index in [1.54, 1.807) is 24.1 Å². The van der Waals surface area contributed by atoms with Gasteiger partial charge in [0.15, 0.2) is 5.82 Å². The van der Waals surface area contributed by atoms with Crippen molar-refractivity contribution < 1.29 is 18.3 Å². The van der Waals surface area contributed by atoms with Gasteiger partial charge in [-0.3, -0.25) is 4.79 Å². The SMILES string of the molecule is CN(Cc1ccccc1)C(=O)CSc1nnc(-c2ccc(OC(F)F)cc2)n1N. The lowest BCUT2D eigenvalue weighted by Gasteiger charge is -2.16. The molecule has 2 N–H and O–H groups in total. The number of nitrogens with zero attached hydrogens (tertiary/aromatic N) is 4. The van der Waals surface area contributed by atoms with E-state index in [2.05, 4.69) is 14.9 Å². The van der Waals surface area contributed by atoms with Gasteiger partial charge in [0, 0.05) is 19.2 Å². The van der Waals surface area contributed by atoms with Crippen molar-refractivity contribution in [1.82, 2.24) is 19.8 Å². The summed E-state index contributed by atoms with van der Waals surface area (Å²) in [7, 11) is 1.73. The number of ether oxygens (including phenoxy) is 1. The molecule has 10 heteroatoms. The van der Waals surface area contributed by atoms with E-state index in [0.717, 1.165) is 5.56 Å². The lowest BCUT2D eigenvalue weighted by Crippen LogP contribution is -2.28. The third kappa shape index (κ3) is 5.44. The van der Waals surface area contributed by atoms with E-state index < -0.39 is 6.61 Å². The molecular weight excluding hydrogens is 400 g/mol. The maximum Gasteiger partial charge on any atom is 0.387 e. The quantitative estimate of drug-likeness (QED) is 0.446. The van der Waals surface area contributed by atoms with Gasteiger partial charge in [-0.1, -0.05) is 42.1 Å². The van der Waals surface area contributed by atoms with Gasteiger partial charge in [0.05, 0.1) is 5.75 Å². The van der Waals surface area contributed by atoms with Gasteiger partial charge in [-0.05, 0) is 29.8 Å². The summed E-state index contributed by atoms with van der Waals surface area (Å²) in [6.45, 7) is -2.38. The second kappa shape index (κ2) is 9.37. The fourth-order valence-corrected chi connectivity index (χ4v) is 3.34. The number of alkyl halides is 2. The molecule has 0 aliphatic rings. The number of thioether (sulfide) groups is 1. The average molecular weight is 419 g/mol. The van der Waals surface area contributed by atoms with E-state index in [0.29, 0.717) is 23.1 Å². The van der Waals surface area contributed by atoms with Crippen molar-refractivity contribution in [2.45, 2.75) is 18.3 Å². The fraction of sp³-hybridized carbons (Fsp3) is 0.211. The Morgan fingerprint density at radius 1 is 1.17 bits per heavy atom. The minimum Gasteiger partial charge on any atom is -0.435 e. The number of amides is 1. The van der Waals surface area contributed by atoms with Gasteiger partial charge in [0.1, 0.15) is 5.75 Å². The maximum absolute atomic E-state index is 12.4. The highest BCUT2D eigenvalue weighted by Crippen LogP contribution is 2.24. The fourth-order valence-electron chi connectivity index (χ4n) is 2.54. The number of halogens is 2. The Morgan fingerprint density at radius 3 is 2.52 bits per heavy atom. The van der Waals surface area contributed by atoms with Crippen molar-refractivity contribution in [3.63, 3.8) is 0 Å². The third-order valence-electron chi connectivity index (χ3n) is 4.02. The van der Waals surface area contributed by atoms with E-state index in [-0.39, 0.29) is 17.4 Å². The Hall–Kier alpha value is -3.14. The van der Waals surface area contributed by atoms with E-state index >= 15 is 0 Å². The molecule has 0 unspecified atom stereocenters. The summed E-state index contributed by atoms with van der Waals surface area (Å²) in [5, 5.41) is 8.40. The zero-order valence-electron chi connectivity index (χ0n) is 15.5. The second-order valence-corrected chi connectivity index (χ2v) is 7.05. The first-order valence-electron chi connectivity index (χ1n) is 8.60. The van der Waals surface area contributed by atoms with Crippen LogP contribution in [0.4, 0.5) is 8.78 Å². The molecule has 0 saturated carbocycles. The molecule has 1 amide bonds. The summed E-state index contributed by atoms with van der Waals surface area (Å²) in [6, 6.07) is 15.6. The van der Waals surface area contributed by atoms with Crippen LogP contribution in [0.15, 0.2) is 59.8 Å². The molecule has 152 valence electrons. The summed E-state index contributed by atoms with van der Waals surface area (Å²) >= 11 is 1.17. The lowest BCUT2D eigenvalue weighted by atomic mass is 10.2. The number of rotatable bonds is 8. The molecule has 1 heterocycles. The van der Waals surface area contributed by atoms with Gasteiger partial charge in [0.2, 0.25) is 11.1 Å². The zero-order chi connectivity index (χ0) is 20.8. The summed E-state index contributed by atoms with van der Waals surface area (Å²) in [6.07, 6.45) is 0. The van der Waals surface area contributed by atoms with Crippen LogP contribution in [0, 0.1) is 0 Å². The monoisotopic (exact) mass is 419 g/mol. The minimum atomic E-state index is -2.89. The van der Waals surface area contributed by atoms with Gasteiger partial charge in [-0.25, -0.2) is 4.68 Å². The van der Waals surface area contributed by atoms with Crippen LogP contribution in [-0.4, -0.2) is 45.1 Å². The predicted molar refractivity (Wildman–Crippen MR) is 106 cm³/mol. The first-order chi connectivity index (χ1) is 13.9. The van der Waals surface area contributed by atoms with Gasteiger partial charge in [-0.15, -0.1) is 10.2 Å². The molecule has 0 saturated heterocycles. The van der Waals surface area contributed by atoms with E-state index in [1.165, 1.54) is 28.6 Å². The molecule has 2 aromatic carbocycles. The number of carbonyl (C=O) groups is 1. The number of aromatic nitrogens is 3. The molecule has 0 radical (unpaired) electrons. The normalized spacial score (nSPS) is 10.9. The molecule has 0 bridgehead atoms. The largest absolute Gasteiger partial charge is 0.435 e. The lowest BCUT2D eigenvalue weighted by molar-refractivity contribution is -0.127. The molecule has 0 aliphatic heterocycles. The highest BCUT2D eigenvalue weighted by molar-refractivity contribution is 7.99. The topological polar surface area (TPSA) is 86.3 Å². The van der Waals surface area contributed by atoms with E-state index in [4.69, 9.17) is 5.84 Å². The highest BCUT2D eigenvalue weighted by atomic mass is 32.2. The number of hydrogen-bond donors (Lipinski definition) is 1. The van der Waals surface area contributed by atoms with Crippen LogP contribution in [0.2, 0.25) is 0 Å². The van der Waals surface area contributed by atoms with Crippen molar-refractivity contribution in [1.29, 1.82) is 0 Å². The van der Waals surface area contributed by atoms with Crippen LogP contribution < -0.4 is 10.6 Å². The number of nitrogens with two attached hydrogens (primary N) is 1. The van der Waals surface area contributed by atoms with Crippen LogP contribution in [0.3, 0.4) is 0 Å². The minimum absolute atomic E-state index is 0.0356. The van der Waals surface area contributed by atoms with Gasteiger partial charge >= 0.3 is 6.61 Å². The van der Waals surface area contributed by atoms with Crippen LogP contribution in [0.5, 0.6) is 5.75 Å². The van der Waals surface area contributed by atoms with Gasteiger partial charge in [-0.2, -0.15) is 8.78 Å². The summed E-state index contributed by atoms with van der Waals surface area (Å²) in [5.74, 6) is 6.50. The molecule has 0 fully saturated rings. The molecular formula is C19H19F2N5O2S. The first kappa shape index (κ1) is 20.6. The highest BCUT2D eigenvalue weighted by Gasteiger charge is 2.16. The van der Waals surface area contributed by atoms with Crippen LogP contribution >= 0.6 is 11.8 Å². The van der Waals surface area contributed by atoms with E-state index in [9.17, 15) is 13.6 Å². The molecule has 3 aromatic rings. The van der Waals surface area contributed by atoms with Crippen molar-refractivity contribution in [2.24, 2.45) is 0 Å². The molecule has 29 heavy (non-hydrogen) atoms. The molecule has 0 atom stereocenters. The number of hydrogen-bond acceptors (Lipinski definition) is 6. The summed E-state index contributed by atoms with van der Waals surface area (Å²) in [4.78, 5) is 14.0. The number of benzene rings is 2. The zero-order valence-corrected chi connectivity index (χ0v) is 16.4. The summed E-state index contributed by atoms with van der Waals surface area (Å²) in [5.41, 5.74) is 1.62. The number of carbonyl (C=O) groups excluding carboxylic acids is 1. The molecule has 0 aliphatic carbocycles. The summed E-state index contributed by atoms with van der Waals surface area (Å²) < 4.78 is 30.1. The van der Waals surface area contributed by atoms with E-state index in [1.807, 2.05) is 30.3 Å². The Morgan fingerprint density at radius 2 is 1.86 bits per heavy atom. The first-order valence-corrected chi connectivity index (χ1v) is 9.59. The standard InChI is InChI=1S/C19H19F2N5O2S/c1-25(11-13-5-3-2-4-6-13)16(27)12-29-19-24-23-17(26(19)22)14-7-9-15(10-8-14)28-18(20)21/h2-10,18H,11-12,22H2,1H3. The van der Waals surface area contributed by atoms with Crippen molar-refractivity contribution in [3.05, 3.63) is 60.2 Å². The van der Waals surface area contributed by atoms with Crippen molar-refractivity contribution >= 4 is 17.7 Å². The van der Waals surface area contributed by atoms with Crippen LogP contribution in [-0.2, 0) is 11.3 Å². The van der Waals surface area contributed by atoms with Crippen molar-refractivity contribution in [3.8, 4) is 17.1 Å². The van der Waals surface area contributed by atoms with Crippen molar-refractivity contribution in [2.75, 3.05) is 18.6 Å².